The van der Waals surface area contributed by atoms with Gasteiger partial charge in [0.2, 0.25) is 0 Å². The van der Waals surface area contributed by atoms with E-state index in [0.29, 0.717) is 0 Å². The summed E-state index contributed by atoms with van der Waals surface area (Å²) in [5.74, 6) is 0. The molecule has 1 aliphatic rings. The van der Waals surface area contributed by atoms with E-state index < -0.39 is 8.24 Å². The molecule has 0 aromatic heterocycles. The summed E-state index contributed by atoms with van der Waals surface area (Å²) in [5.41, 5.74) is 3.71. The van der Waals surface area contributed by atoms with Crippen molar-refractivity contribution < 1.29 is 0 Å². The Balaban J connectivity index is 2.35. The van der Waals surface area contributed by atoms with Crippen LogP contribution >= 0.6 is 11.6 Å². The molecule has 2 rings (SSSR count). The minimum absolute atomic E-state index is 0.807. The van der Waals surface area contributed by atoms with E-state index in [2.05, 4.69) is 41.9 Å². The first-order chi connectivity index (χ1) is 6.65. The number of para-hydroxylation sites is 1. The standard InChI is InChI=1S/C11H16ClNSi/c1-14(2,9-12)13-8-7-10-5-3-4-6-11(10)13/h3-6H,7-9H2,1-2H3. The van der Waals surface area contributed by atoms with Gasteiger partial charge in [-0.25, -0.2) is 0 Å². The lowest BCUT2D eigenvalue weighted by atomic mass is 10.2. The maximum absolute atomic E-state index is 6.06. The van der Waals surface area contributed by atoms with Crippen molar-refractivity contribution in [2.75, 3.05) is 16.6 Å². The van der Waals surface area contributed by atoms with Crippen molar-refractivity contribution in [3.63, 3.8) is 0 Å². The van der Waals surface area contributed by atoms with Gasteiger partial charge in [-0.3, -0.25) is 0 Å². The number of benzene rings is 1. The molecule has 0 saturated heterocycles. The highest BCUT2D eigenvalue weighted by Crippen LogP contribution is 2.31. The Hall–Kier alpha value is -0.473. The second kappa shape index (κ2) is 3.59. The highest BCUT2D eigenvalue weighted by atomic mass is 35.5. The third-order valence-electron chi connectivity index (χ3n) is 2.94. The first kappa shape index (κ1) is 10.1. The number of anilines is 1. The van der Waals surface area contributed by atoms with Gasteiger partial charge in [0.1, 0.15) is 0 Å². The molecule has 0 N–H and O–H groups in total. The smallest absolute Gasteiger partial charge is 0.165 e. The quantitative estimate of drug-likeness (QED) is 0.553. The average Bonchev–Trinajstić information content (AvgIpc) is 2.61. The Morgan fingerprint density at radius 1 is 1.36 bits per heavy atom. The average molecular weight is 226 g/mol. The first-order valence-corrected chi connectivity index (χ1v) is 8.75. The van der Waals surface area contributed by atoms with Crippen molar-refractivity contribution in [3.05, 3.63) is 29.8 Å². The molecule has 1 aliphatic heterocycles. The van der Waals surface area contributed by atoms with E-state index in [1.54, 1.807) is 0 Å². The zero-order chi connectivity index (χ0) is 10.2. The molecule has 0 atom stereocenters. The van der Waals surface area contributed by atoms with E-state index in [0.717, 1.165) is 12.0 Å². The van der Waals surface area contributed by atoms with Crippen molar-refractivity contribution in [2.24, 2.45) is 0 Å². The lowest BCUT2D eigenvalue weighted by Gasteiger charge is -2.34. The Morgan fingerprint density at radius 3 is 2.79 bits per heavy atom. The lowest BCUT2D eigenvalue weighted by Crippen LogP contribution is -2.50. The van der Waals surface area contributed by atoms with Crippen molar-refractivity contribution in [2.45, 2.75) is 19.5 Å². The zero-order valence-corrected chi connectivity index (χ0v) is 10.5. The summed E-state index contributed by atoms with van der Waals surface area (Å²) in [6, 6.07) is 8.70. The summed E-state index contributed by atoms with van der Waals surface area (Å²) in [5, 5.41) is 0. The maximum atomic E-state index is 6.06. The molecule has 1 nitrogen and oxygen atoms in total. The maximum Gasteiger partial charge on any atom is 0.165 e. The Bertz CT molecular complexity index is 338. The summed E-state index contributed by atoms with van der Waals surface area (Å²) in [6.45, 7) is 5.83. The topological polar surface area (TPSA) is 3.24 Å². The minimum Gasteiger partial charge on any atom is -0.396 e. The van der Waals surface area contributed by atoms with Gasteiger partial charge in [0.15, 0.2) is 8.24 Å². The van der Waals surface area contributed by atoms with Gasteiger partial charge in [-0.1, -0.05) is 31.3 Å². The van der Waals surface area contributed by atoms with E-state index in [1.807, 2.05) is 0 Å². The fourth-order valence-corrected chi connectivity index (χ4v) is 4.20. The molecule has 0 radical (unpaired) electrons. The summed E-state index contributed by atoms with van der Waals surface area (Å²) in [4.78, 5) is 0. The predicted octanol–water partition coefficient (Wildman–Crippen LogP) is 3.03. The van der Waals surface area contributed by atoms with Crippen molar-refractivity contribution in [1.29, 1.82) is 0 Å². The molecule has 14 heavy (non-hydrogen) atoms. The molecular weight excluding hydrogens is 210 g/mol. The van der Waals surface area contributed by atoms with Crippen LogP contribution < -0.4 is 4.57 Å². The molecule has 1 aromatic rings. The van der Waals surface area contributed by atoms with Gasteiger partial charge in [-0.15, -0.1) is 11.6 Å². The zero-order valence-electron chi connectivity index (χ0n) is 8.76. The second-order valence-electron chi connectivity index (χ2n) is 4.48. The molecular formula is C11H16ClNSi. The van der Waals surface area contributed by atoms with Crippen LogP contribution in [0.5, 0.6) is 0 Å². The lowest BCUT2D eigenvalue weighted by molar-refractivity contribution is 1.02. The highest BCUT2D eigenvalue weighted by Gasteiger charge is 2.32. The van der Waals surface area contributed by atoms with Crippen LogP contribution in [0.4, 0.5) is 5.69 Å². The summed E-state index contributed by atoms with van der Waals surface area (Å²) >= 11 is 6.06. The fourth-order valence-electron chi connectivity index (χ4n) is 2.04. The summed E-state index contributed by atoms with van der Waals surface area (Å²) < 4.78 is 2.55. The van der Waals surface area contributed by atoms with E-state index in [-0.39, 0.29) is 0 Å². The van der Waals surface area contributed by atoms with Crippen molar-refractivity contribution in [1.82, 2.24) is 0 Å². The summed E-state index contributed by atoms with van der Waals surface area (Å²) in [7, 11) is -1.40. The molecule has 0 unspecified atom stereocenters. The van der Waals surface area contributed by atoms with Crippen LogP contribution in [0.2, 0.25) is 13.1 Å². The van der Waals surface area contributed by atoms with E-state index in [9.17, 15) is 0 Å². The highest BCUT2D eigenvalue weighted by molar-refractivity contribution is 6.86. The van der Waals surface area contributed by atoms with Crippen LogP contribution in [-0.4, -0.2) is 20.3 Å². The number of halogens is 1. The molecule has 0 fully saturated rings. The Morgan fingerprint density at radius 2 is 2.07 bits per heavy atom. The predicted molar refractivity (Wildman–Crippen MR) is 65.7 cm³/mol. The number of hydrogen-bond acceptors (Lipinski definition) is 1. The van der Waals surface area contributed by atoms with Gasteiger partial charge in [0.25, 0.3) is 0 Å². The molecule has 76 valence electrons. The third-order valence-corrected chi connectivity index (χ3v) is 7.49. The SMILES string of the molecule is C[Si](C)(CCl)N1CCc2ccccc21. The minimum atomic E-state index is -1.40. The number of fused-ring (bicyclic) bond motifs is 1. The monoisotopic (exact) mass is 225 g/mol. The van der Waals surface area contributed by atoms with E-state index in [4.69, 9.17) is 11.6 Å². The molecule has 0 bridgehead atoms. The molecule has 0 saturated carbocycles. The largest absolute Gasteiger partial charge is 0.396 e. The molecule has 3 heteroatoms. The number of alkyl halides is 1. The Kier molecular flexibility index (Phi) is 2.58. The van der Waals surface area contributed by atoms with Crippen LogP contribution in [0.25, 0.3) is 0 Å². The van der Waals surface area contributed by atoms with Crippen LogP contribution in [0.1, 0.15) is 5.56 Å². The van der Waals surface area contributed by atoms with Crippen LogP contribution in [-0.2, 0) is 6.42 Å². The normalized spacial score (nSPS) is 15.8. The number of nitrogens with zero attached hydrogens (tertiary/aromatic N) is 1. The van der Waals surface area contributed by atoms with Crippen molar-refractivity contribution >= 4 is 25.5 Å². The molecule has 1 heterocycles. The van der Waals surface area contributed by atoms with Crippen LogP contribution in [0, 0.1) is 0 Å². The van der Waals surface area contributed by atoms with E-state index >= 15 is 0 Å². The molecule has 0 spiro atoms. The van der Waals surface area contributed by atoms with Gasteiger partial charge in [-0.05, 0) is 18.1 Å². The van der Waals surface area contributed by atoms with Gasteiger partial charge >= 0.3 is 0 Å². The fraction of sp³-hybridized carbons (Fsp3) is 0.455. The van der Waals surface area contributed by atoms with Crippen LogP contribution in [0.3, 0.4) is 0 Å². The van der Waals surface area contributed by atoms with Gasteiger partial charge in [0, 0.05) is 17.7 Å². The molecule has 1 aromatic carbocycles. The number of hydrogen-bond donors (Lipinski definition) is 0. The van der Waals surface area contributed by atoms with Gasteiger partial charge in [0.05, 0.1) is 0 Å². The van der Waals surface area contributed by atoms with Gasteiger partial charge < -0.3 is 4.57 Å². The number of rotatable bonds is 2. The summed E-state index contributed by atoms with van der Waals surface area (Å²) in [6.07, 6.45) is 1.18. The van der Waals surface area contributed by atoms with Gasteiger partial charge in [-0.2, -0.15) is 0 Å². The first-order valence-electron chi connectivity index (χ1n) is 5.07. The van der Waals surface area contributed by atoms with Crippen molar-refractivity contribution in [3.8, 4) is 0 Å². The third kappa shape index (κ3) is 1.57. The Labute approximate surface area is 91.8 Å². The second-order valence-corrected chi connectivity index (χ2v) is 9.71. The molecule has 0 amide bonds. The molecule has 0 aliphatic carbocycles. The van der Waals surface area contributed by atoms with Crippen LogP contribution in [0.15, 0.2) is 24.3 Å². The van der Waals surface area contributed by atoms with E-state index in [1.165, 1.54) is 17.7 Å².